The summed E-state index contributed by atoms with van der Waals surface area (Å²) in [7, 11) is 0. The molecule has 14 heavy (non-hydrogen) atoms. The Bertz CT molecular complexity index is 334. The van der Waals surface area contributed by atoms with E-state index in [0.29, 0.717) is 6.61 Å². The van der Waals surface area contributed by atoms with Gasteiger partial charge >= 0.3 is 0 Å². The van der Waals surface area contributed by atoms with Crippen LogP contribution in [0.4, 0.5) is 4.39 Å². The van der Waals surface area contributed by atoms with E-state index < -0.39 is 5.82 Å². The van der Waals surface area contributed by atoms with Crippen molar-refractivity contribution in [1.82, 2.24) is 0 Å². The van der Waals surface area contributed by atoms with Crippen molar-refractivity contribution in [2.45, 2.75) is 6.92 Å². The van der Waals surface area contributed by atoms with Crippen molar-refractivity contribution in [3.8, 4) is 0 Å². The molecule has 0 atom stereocenters. The molecule has 0 bridgehead atoms. The first-order chi connectivity index (χ1) is 6.66. The predicted octanol–water partition coefficient (Wildman–Crippen LogP) is 2.14. The second-order valence-corrected chi connectivity index (χ2v) is 2.90. The molecule has 0 aliphatic heterocycles. The highest BCUT2D eigenvalue weighted by Gasteiger charge is 2.10. The normalized spacial score (nSPS) is 11.5. The predicted molar refractivity (Wildman–Crippen MR) is 53.8 cm³/mol. The van der Waals surface area contributed by atoms with E-state index in [1.54, 1.807) is 6.92 Å². The number of hydrogen-bond acceptors (Lipinski definition) is 2. The molecule has 76 valence electrons. The van der Waals surface area contributed by atoms with Crippen molar-refractivity contribution in [3.05, 3.63) is 34.6 Å². The van der Waals surface area contributed by atoms with Gasteiger partial charge in [0, 0.05) is 0 Å². The van der Waals surface area contributed by atoms with Crippen LogP contribution >= 0.6 is 11.6 Å². The van der Waals surface area contributed by atoms with Gasteiger partial charge in [-0.05, 0) is 19.1 Å². The van der Waals surface area contributed by atoms with Gasteiger partial charge in [-0.3, -0.25) is 0 Å². The zero-order chi connectivity index (χ0) is 10.6. The van der Waals surface area contributed by atoms with Gasteiger partial charge < -0.3 is 10.6 Å². The Hall–Kier alpha value is -1.29. The minimum atomic E-state index is -0.515. The molecule has 0 amide bonds. The lowest BCUT2D eigenvalue weighted by Gasteiger charge is -2.04. The maximum atomic E-state index is 13.2. The summed E-state index contributed by atoms with van der Waals surface area (Å²) in [6, 6.07) is 4.29. The Labute approximate surface area is 86.3 Å². The summed E-state index contributed by atoms with van der Waals surface area (Å²) in [5.41, 5.74) is 5.56. The van der Waals surface area contributed by atoms with Crippen molar-refractivity contribution in [1.29, 1.82) is 0 Å². The van der Waals surface area contributed by atoms with E-state index in [2.05, 4.69) is 5.16 Å². The van der Waals surface area contributed by atoms with E-state index in [-0.39, 0.29) is 16.4 Å². The Balaban J connectivity index is 3.05. The fraction of sp³-hybridized carbons (Fsp3) is 0.222. The highest BCUT2D eigenvalue weighted by Crippen LogP contribution is 2.18. The third-order valence-electron chi connectivity index (χ3n) is 1.51. The molecular weight excluding hydrogens is 207 g/mol. The summed E-state index contributed by atoms with van der Waals surface area (Å²) in [6.07, 6.45) is 0. The molecule has 0 spiro atoms. The summed E-state index contributed by atoms with van der Waals surface area (Å²) in [5, 5.41) is 3.72. The van der Waals surface area contributed by atoms with Crippen LogP contribution in [0.2, 0.25) is 5.02 Å². The number of amidine groups is 1. The smallest absolute Gasteiger partial charge is 0.174 e. The van der Waals surface area contributed by atoms with Crippen LogP contribution in [0.3, 0.4) is 0 Å². The second kappa shape index (κ2) is 4.81. The molecule has 0 aliphatic rings. The Morgan fingerprint density at radius 2 is 2.36 bits per heavy atom. The van der Waals surface area contributed by atoms with Crippen LogP contribution < -0.4 is 5.73 Å². The molecule has 0 aliphatic carbocycles. The molecule has 1 aromatic rings. The zero-order valence-corrected chi connectivity index (χ0v) is 8.38. The van der Waals surface area contributed by atoms with Gasteiger partial charge in [-0.2, -0.15) is 0 Å². The lowest BCUT2D eigenvalue weighted by atomic mass is 10.2. The van der Waals surface area contributed by atoms with Gasteiger partial charge in [0.05, 0.1) is 10.6 Å². The Kier molecular flexibility index (Phi) is 3.71. The van der Waals surface area contributed by atoms with Gasteiger partial charge in [-0.25, -0.2) is 4.39 Å². The topological polar surface area (TPSA) is 47.6 Å². The van der Waals surface area contributed by atoms with Crippen molar-refractivity contribution < 1.29 is 9.23 Å². The molecular formula is C9H10ClFN2O. The molecule has 1 aromatic carbocycles. The molecule has 0 fully saturated rings. The number of rotatable bonds is 3. The van der Waals surface area contributed by atoms with E-state index in [1.165, 1.54) is 18.2 Å². The van der Waals surface area contributed by atoms with Crippen molar-refractivity contribution >= 4 is 17.4 Å². The average Bonchev–Trinajstić information content (AvgIpc) is 2.14. The Morgan fingerprint density at radius 1 is 1.64 bits per heavy atom. The SMILES string of the molecule is CCO/N=C(\N)c1c(F)cccc1Cl. The fourth-order valence-electron chi connectivity index (χ4n) is 0.922. The third kappa shape index (κ3) is 2.35. The van der Waals surface area contributed by atoms with Gasteiger partial charge in [0.15, 0.2) is 5.84 Å². The lowest BCUT2D eigenvalue weighted by Crippen LogP contribution is -2.16. The van der Waals surface area contributed by atoms with Gasteiger partial charge in [-0.1, -0.05) is 22.8 Å². The number of halogens is 2. The number of nitrogens with two attached hydrogens (primary N) is 1. The van der Waals surface area contributed by atoms with Crippen LogP contribution in [0.5, 0.6) is 0 Å². The van der Waals surface area contributed by atoms with E-state index in [9.17, 15) is 4.39 Å². The molecule has 0 aromatic heterocycles. The summed E-state index contributed by atoms with van der Waals surface area (Å²) < 4.78 is 13.2. The summed E-state index contributed by atoms with van der Waals surface area (Å²) >= 11 is 5.75. The maximum Gasteiger partial charge on any atom is 0.174 e. The third-order valence-corrected chi connectivity index (χ3v) is 1.83. The second-order valence-electron chi connectivity index (χ2n) is 2.49. The number of hydrogen-bond donors (Lipinski definition) is 1. The quantitative estimate of drug-likeness (QED) is 0.478. The first-order valence-electron chi connectivity index (χ1n) is 4.06. The zero-order valence-electron chi connectivity index (χ0n) is 7.63. The molecule has 3 nitrogen and oxygen atoms in total. The number of benzene rings is 1. The van der Waals surface area contributed by atoms with Crippen molar-refractivity contribution in [2.75, 3.05) is 6.61 Å². The minimum Gasteiger partial charge on any atom is -0.394 e. The molecule has 0 heterocycles. The lowest BCUT2D eigenvalue weighted by molar-refractivity contribution is 0.158. The van der Waals surface area contributed by atoms with Gasteiger partial charge in [-0.15, -0.1) is 0 Å². The maximum absolute atomic E-state index is 13.2. The summed E-state index contributed by atoms with van der Waals surface area (Å²) in [6.45, 7) is 2.12. The van der Waals surface area contributed by atoms with Crippen LogP contribution in [0.1, 0.15) is 12.5 Å². The molecule has 2 N–H and O–H groups in total. The average molecular weight is 217 g/mol. The molecule has 0 radical (unpaired) electrons. The highest BCUT2D eigenvalue weighted by atomic mass is 35.5. The molecule has 1 rings (SSSR count). The minimum absolute atomic E-state index is 0.0602. The van der Waals surface area contributed by atoms with Crippen LogP contribution in [-0.4, -0.2) is 12.4 Å². The first kappa shape index (κ1) is 10.8. The van der Waals surface area contributed by atoms with Crippen LogP contribution in [0.25, 0.3) is 0 Å². The first-order valence-corrected chi connectivity index (χ1v) is 4.44. The molecule has 0 unspecified atom stereocenters. The van der Waals surface area contributed by atoms with Gasteiger partial charge in [0.25, 0.3) is 0 Å². The molecule has 0 saturated heterocycles. The highest BCUT2D eigenvalue weighted by molar-refractivity contribution is 6.34. The van der Waals surface area contributed by atoms with E-state index in [0.717, 1.165) is 0 Å². The summed E-state index contributed by atoms with van der Waals surface area (Å²) in [5.74, 6) is -0.576. The number of nitrogens with zero attached hydrogens (tertiary/aromatic N) is 1. The van der Waals surface area contributed by atoms with Crippen LogP contribution in [0, 0.1) is 5.82 Å². The van der Waals surface area contributed by atoms with Crippen LogP contribution in [0.15, 0.2) is 23.4 Å². The van der Waals surface area contributed by atoms with E-state index >= 15 is 0 Å². The van der Waals surface area contributed by atoms with Crippen LogP contribution in [-0.2, 0) is 4.84 Å². The summed E-state index contributed by atoms with van der Waals surface area (Å²) in [4.78, 5) is 4.70. The van der Waals surface area contributed by atoms with Crippen molar-refractivity contribution in [3.63, 3.8) is 0 Å². The van der Waals surface area contributed by atoms with E-state index in [4.69, 9.17) is 22.2 Å². The van der Waals surface area contributed by atoms with Gasteiger partial charge in [0.2, 0.25) is 0 Å². The van der Waals surface area contributed by atoms with Crippen molar-refractivity contribution in [2.24, 2.45) is 10.9 Å². The largest absolute Gasteiger partial charge is 0.394 e. The standard InChI is InChI=1S/C9H10ClFN2O/c1-2-14-13-9(12)8-6(10)4-3-5-7(8)11/h3-5H,2H2,1H3,(H2,12,13). The fourth-order valence-corrected chi connectivity index (χ4v) is 1.18. The Morgan fingerprint density at radius 3 is 2.93 bits per heavy atom. The molecule has 0 saturated carbocycles. The van der Waals surface area contributed by atoms with E-state index in [1.807, 2.05) is 0 Å². The molecule has 5 heteroatoms. The number of oxime groups is 1. The monoisotopic (exact) mass is 216 g/mol. The van der Waals surface area contributed by atoms with Gasteiger partial charge in [0.1, 0.15) is 12.4 Å².